The highest BCUT2D eigenvalue weighted by Gasteiger charge is 2.11. The molecular formula is C14H22N2O. The van der Waals surface area contributed by atoms with Gasteiger partial charge in [0.2, 0.25) is 0 Å². The van der Waals surface area contributed by atoms with E-state index in [0.29, 0.717) is 0 Å². The van der Waals surface area contributed by atoms with Crippen LogP contribution in [0.1, 0.15) is 32.3 Å². The Bertz CT molecular complexity index is 340. The predicted molar refractivity (Wildman–Crippen MR) is 72.4 cm³/mol. The fourth-order valence-electron chi connectivity index (χ4n) is 1.69. The van der Waals surface area contributed by atoms with E-state index in [1.807, 2.05) is 36.1 Å². The number of nitrogens with zero attached hydrogens (tertiary/aromatic N) is 1. The second-order valence-electron chi connectivity index (χ2n) is 4.28. The SMILES string of the molecule is CCCN(CCC)C(=O)Nc1ccc(C)cc1. The number of anilines is 1. The lowest BCUT2D eigenvalue weighted by molar-refractivity contribution is 0.211. The molecule has 0 atom stereocenters. The average molecular weight is 234 g/mol. The molecule has 17 heavy (non-hydrogen) atoms. The van der Waals surface area contributed by atoms with Crippen LogP contribution in [0.5, 0.6) is 0 Å². The number of nitrogens with one attached hydrogen (secondary N) is 1. The quantitative estimate of drug-likeness (QED) is 0.828. The first-order chi connectivity index (χ1) is 8.17. The summed E-state index contributed by atoms with van der Waals surface area (Å²) >= 11 is 0. The van der Waals surface area contributed by atoms with Crippen molar-refractivity contribution < 1.29 is 4.79 Å². The van der Waals surface area contributed by atoms with Gasteiger partial charge in [-0.2, -0.15) is 0 Å². The molecule has 0 heterocycles. The molecule has 0 unspecified atom stereocenters. The van der Waals surface area contributed by atoms with E-state index >= 15 is 0 Å². The molecule has 1 aromatic carbocycles. The summed E-state index contributed by atoms with van der Waals surface area (Å²) < 4.78 is 0. The largest absolute Gasteiger partial charge is 0.325 e. The molecule has 2 amide bonds. The lowest BCUT2D eigenvalue weighted by Gasteiger charge is -2.21. The molecule has 0 aromatic heterocycles. The van der Waals surface area contributed by atoms with E-state index in [2.05, 4.69) is 19.2 Å². The van der Waals surface area contributed by atoms with Crippen LogP contribution in [0.3, 0.4) is 0 Å². The lowest BCUT2D eigenvalue weighted by Crippen LogP contribution is -2.36. The highest BCUT2D eigenvalue weighted by atomic mass is 16.2. The topological polar surface area (TPSA) is 32.3 Å². The van der Waals surface area contributed by atoms with Crippen molar-refractivity contribution in [2.75, 3.05) is 18.4 Å². The third-order valence-corrected chi connectivity index (χ3v) is 2.58. The van der Waals surface area contributed by atoms with Crippen LogP contribution in [-0.2, 0) is 0 Å². The number of benzene rings is 1. The van der Waals surface area contributed by atoms with Crippen LogP contribution in [-0.4, -0.2) is 24.0 Å². The van der Waals surface area contributed by atoms with E-state index < -0.39 is 0 Å². The van der Waals surface area contributed by atoms with Crippen LogP contribution in [0.15, 0.2) is 24.3 Å². The van der Waals surface area contributed by atoms with Gasteiger partial charge >= 0.3 is 6.03 Å². The zero-order valence-electron chi connectivity index (χ0n) is 11.0. The number of amides is 2. The Kier molecular flexibility index (Phi) is 5.53. The Morgan fingerprint density at radius 1 is 1.12 bits per heavy atom. The minimum Gasteiger partial charge on any atom is -0.325 e. The number of hydrogen-bond donors (Lipinski definition) is 1. The van der Waals surface area contributed by atoms with E-state index in [0.717, 1.165) is 31.6 Å². The van der Waals surface area contributed by atoms with E-state index in [1.165, 1.54) is 5.56 Å². The van der Waals surface area contributed by atoms with Gasteiger partial charge in [-0.1, -0.05) is 31.5 Å². The Morgan fingerprint density at radius 3 is 2.12 bits per heavy atom. The highest BCUT2D eigenvalue weighted by molar-refractivity contribution is 5.89. The smallest absolute Gasteiger partial charge is 0.321 e. The summed E-state index contributed by atoms with van der Waals surface area (Å²) in [6.45, 7) is 7.83. The van der Waals surface area contributed by atoms with E-state index in [-0.39, 0.29) is 6.03 Å². The van der Waals surface area contributed by atoms with Gasteiger partial charge in [0.15, 0.2) is 0 Å². The number of rotatable bonds is 5. The second kappa shape index (κ2) is 6.94. The van der Waals surface area contributed by atoms with E-state index in [9.17, 15) is 4.79 Å². The van der Waals surface area contributed by atoms with Gasteiger partial charge in [0.05, 0.1) is 0 Å². The fourth-order valence-corrected chi connectivity index (χ4v) is 1.69. The number of carbonyl (C=O) groups excluding carboxylic acids is 1. The molecule has 0 aliphatic heterocycles. The Balaban J connectivity index is 2.59. The number of aryl methyl sites for hydroxylation is 1. The Labute approximate surface area is 104 Å². The van der Waals surface area contributed by atoms with Crippen LogP contribution >= 0.6 is 0 Å². The number of hydrogen-bond acceptors (Lipinski definition) is 1. The van der Waals surface area contributed by atoms with Crippen LogP contribution in [0, 0.1) is 6.92 Å². The molecule has 0 fully saturated rings. The maximum Gasteiger partial charge on any atom is 0.321 e. The molecule has 3 heteroatoms. The lowest BCUT2D eigenvalue weighted by atomic mass is 10.2. The van der Waals surface area contributed by atoms with Crippen LogP contribution in [0.4, 0.5) is 10.5 Å². The van der Waals surface area contributed by atoms with Crippen molar-refractivity contribution in [1.29, 1.82) is 0 Å². The summed E-state index contributed by atoms with van der Waals surface area (Å²) in [7, 11) is 0. The van der Waals surface area contributed by atoms with Crippen molar-refractivity contribution in [3.8, 4) is 0 Å². The van der Waals surface area contributed by atoms with Gasteiger partial charge < -0.3 is 10.2 Å². The molecule has 0 radical (unpaired) electrons. The molecule has 1 aromatic rings. The molecule has 1 N–H and O–H groups in total. The molecule has 1 rings (SSSR count). The van der Waals surface area contributed by atoms with Crippen molar-refractivity contribution in [3.05, 3.63) is 29.8 Å². The minimum atomic E-state index is -0.00227. The minimum absolute atomic E-state index is 0.00227. The summed E-state index contributed by atoms with van der Waals surface area (Å²) in [6, 6.07) is 7.86. The molecule has 3 nitrogen and oxygen atoms in total. The fraction of sp³-hybridized carbons (Fsp3) is 0.500. The second-order valence-corrected chi connectivity index (χ2v) is 4.28. The summed E-state index contributed by atoms with van der Waals surface area (Å²) in [6.07, 6.45) is 1.97. The van der Waals surface area contributed by atoms with Crippen molar-refractivity contribution in [3.63, 3.8) is 0 Å². The normalized spacial score (nSPS) is 10.1. The zero-order valence-corrected chi connectivity index (χ0v) is 11.0. The van der Waals surface area contributed by atoms with Gasteiger partial charge in [-0.3, -0.25) is 0 Å². The van der Waals surface area contributed by atoms with Crippen molar-refractivity contribution in [1.82, 2.24) is 4.90 Å². The van der Waals surface area contributed by atoms with Crippen molar-refractivity contribution in [2.45, 2.75) is 33.6 Å². The Hall–Kier alpha value is -1.51. The first-order valence-electron chi connectivity index (χ1n) is 6.30. The predicted octanol–water partition coefficient (Wildman–Crippen LogP) is 3.65. The first-order valence-corrected chi connectivity index (χ1v) is 6.30. The van der Waals surface area contributed by atoms with Crippen molar-refractivity contribution >= 4 is 11.7 Å². The third-order valence-electron chi connectivity index (χ3n) is 2.58. The molecule has 94 valence electrons. The van der Waals surface area contributed by atoms with Gasteiger partial charge in [-0.15, -0.1) is 0 Å². The maximum atomic E-state index is 12.0. The summed E-state index contributed by atoms with van der Waals surface area (Å²) in [5, 5.41) is 2.93. The van der Waals surface area contributed by atoms with E-state index in [4.69, 9.17) is 0 Å². The van der Waals surface area contributed by atoms with Crippen LogP contribution in [0.2, 0.25) is 0 Å². The van der Waals surface area contributed by atoms with Crippen LogP contribution in [0.25, 0.3) is 0 Å². The van der Waals surface area contributed by atoms with Gasteiger partial charge in [-0.05, 0) is 31.9 Å². The van der Waals surface area contributed by atoms with Gasteiger partial charge in [0, 0.05) is 18.8 Å². The summed E-state index contributed by atoms with van der Waals surface area (Å²) in [5.41, 5.74) is 2.06. The monoisotopic (exact) mass is 234 g/mol. The van der Waals surface area contributed by atoms with Crippen molar-refractivity contribution in [2.24, 2.45) is 0 Å². The van der Waals surface area contributed by atoms with Gasteiger partial charge in [-0.25, -0.2) is 4.79 Å². The first kappa shape index (κ1) is 13.6. The third kappa shape index (κ3) is 4.47. The molecule has 0 aliphatic rings. The molecule has 0 bridgehead atoms. The molecule has 0 saturated carbocycles. The number of urea groups is 1. The van der Waals surface area contributed by atoms with E-state index in [1.54, 1.807) is 0 Å². The standard InChI is InChI=1S/C14H22N2O/c1-4-10-16(11-5-2)14(17)15-13-8-6-12(3)7-9-13/h6-9H,4-5,10-11H2,1-3H3,(H,15,17). The molecule has 0 saturated heterocycles. The molecule has 0 aliphatic carbocycles. The number of carbonyl (C=O) groups is 1. The van der Waals surface area contributed by atoms with Gasteiger partial charge in [0.25, 0.3) is 0 Å². The van der Waals surface area contributed by atoms with Crippen LogP contribution < -0.4 is 5.32 Å². The Morgan fingerprint density at radius 2 is 1.65 bits per heavy atom. The molecular weight excluding hydrogens is 212 g/mol. The van der Waals surface area contributed by atoms with Gasteiger partial charge in [0.1, 0.15) is 0 Å². The summed E-state index contributed by atoms with van der Waals surface area (Å²) in [4.78, 5) is 13.9. The molecule has 0 spiro atoms. The highest BCUT2D eigenvalue weighted by Crippen LogP contribution is 2.10. The summed E-state index contributed by atoms with van der Waals surface area (Å²) in [5.74, 6) is 0. The average Bonchev–Trinajstić information content (AvgIpc) is 2.32. The maximum absolute atomic E-state index is 12.0. The zero-order chi connectivity index (χ0) is 12.7.